The number of hydrogen-bond acceptors (Lipinski definition) is 4. The Balaban J connectivity index is 1.47. The first kappa shape index (κ1) is 15.5. The molecule has 1 aromatic carbocycles. The van der Waals surface area contributed by atoms with E-state index in [4.69, 9.17) is 4.74 Å². The Morgan fingerprint density at radius 1 is 1.32 bits per heavy atom. The monoisotopic (exact) mass is 380 g/mol. The van der Waals surface area contributed by atoms with Crippen LogP contribution in [0.25, 0.3) is 0 Å². The average molecular weight is 381 g/mol. The number of para-hydroxylation sites is 1. The van der Waals surface area contributed by atoms with Crippen LogP contribution in [0.3, 0.4) is 0 Å². The van der Waals surface area contributed by atoms with Crippen LogP contribution in [0, 0.1) is 5.92 Å². The summed E-state index contributed by atoms with van der Waals surface area (Å²) in [5.74, 6) is 1.46. The molecule has 0 bridgehead atoms. The number of halogens is 1. The maximum absolute atomic E-state index is 12.3. The number of amides is 1. The van der Waals surface area contributed by atoms with Gasteiger partial charge in [-0.05, 0) is 46.8 Å². The molecule has 1 saturated heterocycles. The summed E-state index contributed by atoms with van der Waals surface area (Å²) in [6.45, 7) is 2.27. The number of aromatic nitrogens is 1. The molecule has 1 aliphatic rings. The molecule has 0 N–H and O–H groups in total. The second-order valence-electron chi connectivity index (χ2n) is 5.34. The van der Waals surface area contributed by atoms with Gasteiger partial charge in [0.05, 0.1) is 6.61 Å². The van der Waals surface area contributed by atoms with Gasteiger partial charge < -0.3 is 9.64 Å². The first-order chi connectivity index (χ1) is 10.7. The van der Waals surface area contributed by atoms with E-state index in [-0.39, 0.29) is 5.91 Å². The summed E-state index contributed by atoms with van der Waals surface area (Å²) < 4.78 is 6.54. The summed E-state index contributed by atoms with van der Waals surface area (Å²) in [5.41, 5.74) is 0. The summed E-state index contributed by atoms with van der Waals surface area (Å²) in [6.07, 6.45) is 1.95. The number of likely N-dealkylation sites (tertiary alicyclic amines) is 1. The van der Waals surface area contributed by atoms with Crippen molar-refractivity contribution in [2.24, 2.45) is 5.92 Å². The van der Waals surface area contributed by atoms with E-state index in [0.717, 1.165) is 42.9 Å². The maximum Gasteiger partial charge on any atom is 0.282 e. The van der Waals surface area contributed by atoms with Crippen LogP contribution in [-0.2, 0) is 0 Å². The summed E-state index contributed by atoms with van der Waals surface area (Å²) in [7, 11) is 0. The summed E-state index contributed by atoms with van der Waals surface area (Å²) in [5, 5.41) is 2.40. The van der Waals surface area contributed by atoms with Crippen LogP contribution in [0.5, 0.6) is 5.75 Å². The second-order valence-corrected chi connectivity index (χ2v) is 7.01. The Labute approximate surface area is 142 Å². The van der Waals surface area contributed by atoms with Gasteiger partial charge in [-0.15, -0.1) is 11.3 Å². The van der Waals surface area contributed by atoms with Crippen molar-refractivity contribution in [1.82, 2.24) is 9.88 Å². The van der Waals surface area contributed by atoms with Crippen molar-refractivity contribution in [1.29, 1.82) is 0 Å². The Hall–Kier alpha value is -1.40. The van der Waals surface area contributed by atoms with Gasteiger partial charge in [0, 0.05) is 18.5 Å². The van der Waals surface area contributed by atoms with Crippen molar-refractivity contribution in [2.75, 3.05) is 19.7 Å². The molecule has 116 valence electrons. The highest BCUT2D eigenvalue weighted by Gasteiger charge is 2.25. The predicted octanol–water partition coefficient (Wildman–Crippen LogP) is 3.84. The zero-order valence-electron chi connectivity index (χ0n) is 12.1. The van der Waals surface area contributed by atoms with Gasteiger partial charge in [-0.25, -0.2) is 4.98 Å². The molecule has 1 amide bonds. The number of carbonyl (C=O) groups is 1. The molecule has 1 aromatic heterocycles. The molecule has 0 atom stereocenters. The third kappa shape index (κ3) is 3.87. The molecule has 2 aromatic rings. The zero-order valence-corrected chi connectivity index (χ0v) is 14.5. The molecule has 0 aliphatic carbocycles. The van der Waals surface area contributed by atoms with E-state index in [1.165, 1.54) is 11.3 Å². The fraction of sp³-hybridized carbons (Fsp3) is 0.375. The molecule has 3 rings (SSSR count). The minimum absolute atomic E-state index is 0.0399. The quantitative estimate of drug-likeness (QED) is 0.808. The summed E-state index contributed by atoms with van der Waals surface area (Å²) >= 11 is 4.67. The van der Waals surface area contributed by atoms with Crippen molar-refractivity contribution < 1.29 is 9.53 Å². The Bertz CT molecular complexity index is 624. The molecule has 6 heteroatoms. The fourth-order valence-corrected chi connectivity index (χ4v) is 3.74. The first-order valence-electron chi connectivity index (χ1n) is 7.30. The lowest BCUT2D eigenvalue weighted by Gasteiger charge is -2.31. The molecule has 1 fully saturated rings. The van der Waals surface area contributed by atoms with Crippen LogP contribution in [-0.4, -0.2) is 35.5 Å². The van der Waals surface area contributed by atoms with E-state index in [1.54, 1.807) is 0 Å². The number of piperidine rings is 1. The van der Waals surface area contributed by atoms with Gasteiger partial charge >= 0.3 is 0 Å². The molecular weight excluding hydrogens is 364 g/mol. The predicted molar refractivity (Wildman–Crippen MR) is 90.4 cm³/mol. The molecule has 1 aliphatic heterocycles. The van der Waals surface area contributed by atoms with E-state index in [0.29, 0.717) is 10.9 Å². The highest BCUT2D eigenvalue weighted by molar-refractivity contribution is 9.10. The van der Waals surface area contributed by atoms with Gasteiger partial charge in [-0.1, -0.05) is 18.2 Å². The van der Waals surface area contributed by atoms with E-state index < -0.39 is 0 Å². The fourth-order valence-electron chi connectivity index (χ4n) is 2.52. The molecule has 0 radical (unpaired) electrons. The van der Waals surface area contributed by atoms with E-state index >= 15 is 0 Å². The van der Waals surface area contributed by atoms with Crippen molar-refractivity contribution in [3.05, 3.63) is 45.3 Å². The Kier molecular flexibility index (Phi) is 5.10. The highest BCUT2D eigenvalue weighted by atomic mass is 79.9. The Morgan fingerprint density at radius 3 is 2.68 bits per heavy atom. The first-order valence-corrected chi connectivity index (χ1v) is 8.98. The summed E-state index contributed by atoms with van der Waals surface area (Å²) in [6, 6.07) is 9.87. The minimum Gasteiger partial charge on any atom is -0.493 e. The van der Waals surface area contributed by atoms with Crippen LogP contribution in [0.2, 0.25) is 0 Å². The number of rotatable bonds is 4. The van der Waals surface area contributed by atoms with E-state index in [1.807, 2.05) is 40.6 Å². The molecule has 0 unspecified atom stereocenters. The lowest BCUT2D eigenvalue weighted by molar-refractivity contribution is 0.0660. The van der Waals surface area contributed by atoms with Crippen LogP contribution in [0.15, 0.2) is 40.3 Å². The molecule has 0 spiro atoms. The van der Waals surface area contributed by atoms with Gasteiger partial charge in [0.2, 0.25) is 0 Å². The molecule has 4 nitrogen and oxygen atoms in total. The van der Waals surface area contributed by atoms with Crippen LogP contribution >= 0.6 is 27.3 Å². The molecule has 0 saturated carbocycles. The van der Waals surface area contributed by atoms with Gasteiger partial charge in [0.15, 0.2) is 5.01 Å². The van der Waals surface area contributed by atoms with Crippen molar-refractivity contribution >= 4 is 33.2 Å². The number of carbonyl (C=O) groups excluding carboxylic acids is 1. The van der Waals surface area contributed by atoms with Gasteiger partial charge in [-0.3, -0.25) is 4.79 Å². The molecule has 22 heavy (non-hydrogen) atoms. The number of thiazole rings is 1. The van der Waals surface area contributed by atoms with Crippen LogP contribution in [0.1, 0.15) is 22.6 Å². The molecular formula is C16H17BrN2O2S. The smallest absolute Gasteiger partial charge is 0.282 e. The minimum atomic E-state index is 0.0399. The van der Waals surface area contributed by atoms with Gasteiger partial charge in [0.1, 0.15) is 10.4 Å². The zero-order chi connectivity index (χ0) is 15.4. The second kappa shape index (κ2) is 7.24. The SMILES string of the molecule is O=C(c1nc(Br)cs1)N1CCC(COc2ccccc2)CC1. The third-order valence-corrected chi connectivity index (χ3v) is 5.33. The number of nitrogens with zero attached hydrogens (tertiary/aromatic N) is 2. The van der Waals surface area contributed by atoms with E-state index in [2.05, 4.69) is 20.9 Å². The number of hydrogen-bond donors (Lipinski definition) is 0. The standard InChI is InChI=1S/C16H17BrN2O2S/c17-14-11-22-15(18-14)16(20)19-8-6-12(7-9-19)10-21-13-4-2-1-3-5-13/h1-5,11-12H,6-10H2. The van der Waals surface area contributed by atoms with Crippen molar-refractivity contribution in [3.8, 4) is 5.75 Å². The lowest BCUT2D eigenvalue weighted by atomic mass is 9.98. The number of ether oxygens (including phenoxy) is 1. The number of benzene rings is 1. The van der Waals surface area contributed by atoms with Crippen molar-refractivity contribution in [3.63, 3.8) is 0 Å². The van der Waals surface area contributed by atoms with Crippen LogP contribution < -0.4 is 4.74 Å². The molecule has 2 heterocycles. The highest BCUT2D eigenvalue weighted by Crippen LogP contribution is 2.22. The lowest BCUT2D eigenvalue weighted by Crippen LogP contribution is -2.39. The largest absolute Gasteiger partial charge is 0.493 e. The van der Waals surface area contributed by atoms with Gasteiger partial charge in [-0.2, -0.15) is 0 Å². The summed E-state index contributed by atoms with van der Waals surface area (Å²) in [4.78, 5) is 18.4. The topological polar surface area (TPSA) is 42.4 Å². The van der Waals surface area contributed by atoms with E-state index in [9.17, 15) is 4.79 Å². The van der Waals surface area contributed by atoms with Crippen molar-refractivity contribution in [2.45, 2.75) is 12.8 Å². The average Bonchev–Trinajstić information content (AvgIpc) is 3.00. The third-order valence-electron chi connectivity index (χ3n) is 3.79. The maximum atomic E-state index is 12.3. The Morgan fingerprint density at radius 2 is 2.05 bits per heavy atom. The van der Waals surface area contributed by atoms with Crippen LogP contribution in [0.4, 0.5) is 0 Å². The normalized spacial score (nSPS) is 15.8. The van der Waals surface area contributed by atoms with Gasteiger partial charge in [0.25, 0.3) is 5.91 Å².